The van der Waals surface area contributed by atoms with E-state index in [0.717, 1.165) is 32.3 Å². The number of rotatable bonds is 10. The van der Waals surface area contributed by atoms with Crippen molar-refractivity contribution in [3.8, 4) is 0 Å². The van der Waals surface area contributed by atoms with Crippen LogP contribution in [0.25, 0.3) is 0 Å². The molecule has 0 amide bonds. The second-order valence-corrected chi connectivity index (χ2v) is 4.93. The number of hydrogen-bond donors (Lipinski definition) is 3. The lowest BCUT2D eigenvalue weighted by molar-refractivity contribution is -0.0169. The maximum Gasteiger partial charge on any atom is 0.0897 e. The van der Waals surface area contributed by atoms with Crippen LogP contribution in [0.15, 0.2) is 0 Å². The van der Waals surface area contributed by atoms with E-state index >= 15 is 0 Å². The highest BCUT2D eigenvalue weighted by molar-refractivity contribution is 4.66. The molecule has 1 aliphatic rings. The van der Waals surface area contributed by atoms with E-state index in [1.54, 1.807) is 0 Å². The molecule has 1 fully saturated rings. The van der Waals surface area contributed by atoms with Gasteiger partial charge in [-0.2, -0.15) is 0 Å². The first-order chi connectivity index (χ1) is 8.72. The van der Waals surface area contributed by atoms with Crippen molar-refractivity contribution in [1.29, 1.82) is 0 Å². The highest BCUT2D eigenvalue weighted by atomic mass is 16.5. The molecule has 1 rings (SSSR count). The third-order valence-corrected chi connectivity index (χ3v) is 3.02. The van der Waals surface area contributed by atoms with Crippen molar-refractivity contribution in [1.82, 2.24) is 5.32 Å². The number of nitrogens with one attached hydrogen (secondary N) is 1. The van der Waals surface area contributed by atoms with E-state index in [-0.39, 0.29) is 12.2 Å². The minimum Gasteiger partial charge on any atom is -0.392 e. The molecular formula is C13H27NO4. The normalized spacial score (nSPS) is 23.2. The topological polar surface area (TPSA) is 71.0 Å². The average molecular weight is 261 g/mol. The zero-order valence-corrected chi connectivity index (χ0v) is 11.3. The van der Waals surface area contributed by atoms with Gasteiger partial charge in [0.1, 0.15) is 0 Å². The maximum absolute atomic E-state index is 9.66. The van der Waals surface area contributed by atoms with E-state index in [4.69, 9.17) is 9.47 Å². The lowest BCUT2D eigenvalue weighted by Gasteiger charge is -2.16. The summed E-state index contributed by atoms with van der Waals surface area (Å²) in [6.07, 6.45) is 3.27. The lowest BCUT2D eigenvalue weighted by Crippen LogP contribution is -2.35. The summed E-state index contributed by atoms with van der Waals surface area (Å²) < 4.78 is 10.8. The highest BCUT2D eigenvalue weighted by Gasteiger charge is 2.16. The molecule has 0 radical (unpaired) electrons. The summed E-state index contributed by atoms with van der Waals surface area (Å²) in [5, 5.41) is 22.2. The van der Waals surface area contributed by atoms with Crippen LogP contribution in [0.3, 0.4) is 0 Å². The summed E-state index contributed by atoms with van der Waals surface area (Å²) in [6.45, 7) is 4.72. The molecule has 3 atom stereocenters. The number of ether oxygens (including phenoxy) is 2. The number of aliphatic hydroxyl groups excluding tert-OH is 2. The van der Waals surface area contributed by atoms with Crippen LogP contribution < -0.4 is 5.32 Å². The molecule has 1 saturated heterocycles. The quantitative estimate of drug-likeness (QED) is 0.527. The Morgan fingerprint density at radius 3 is 2.78 bits per heavy atom. The highest BCUT2D eigenvalue weighted by Crippen LogP contribution is 2.11. The van der Waals surface area contributed by atoms with Gasteiger partial charge in [0, 0.05) is 19.7 Å². The molecule has 0 aromatic heterocycles. The fraction of sp³-hybridized carbons (Fsp3) is 1.00. The molecule has 0 aromatic rings. The third kappa shape index (κ3) is 7.28. The van der Waals surface area contributed by atoms with Crippen molar-refractivity contribution in [2.24, 2.45) is 0 Å². The summed E-state index contributed by atoms with van der Waals surface area (Å²) in [5.41, 5.74) is 0. The van der Waals surface area contributed by atoms with Crippen LogP contribution in [0.5, 0.6) is 0 Å². The van der Waals surface area contributed by atoms with Gasteiger partial charge in [-0.15, -0.1) is 0 Å². The van der Waals surface area contributed by atoms with Gasteiger partial charge in [-0.25, -0.2) is 0 Å². The van der Waals surface area contributed by atoms with Crippen molar-refractivity contribution >= 4 is 0 Å². The maximum atomic E-state index is 9.66. The number of hydrogen-bond acceptors (Lipinski definition) is 5. The Bertz CT molecular complexity index is 197. The molecule has 0 aromatic carbocycles. The molecule has 0 aliphatic carbocycles. The van der Waals surface area contributed by atoms with Crippen LogP contribution in [-0.4, -0.2) is 61.4 Å². The van der Waals surface area contributed by atoms with Crippen LogP contribution in [0, 0.1) is 0 Å². The Hall–Kier alpha value is -0.200. The minimum absolute atomic E-state index is 0.205. The molecule has 3 N–H and O–H groups in total. The van der Waals surface area contributed by atoms with Gasteiger partial charge in [0.25, 0.3) is 0 Å². The average Bonchev–Trinajstić information content (AvgIpc) is 2.82. The molecule has 1 aliphatic heterocycles. The van der Waals surface area contributed by atoms with Crippen molar-refractivity contribution in [2.45, 2.75) is 50.9 Å². The van der Waals surface area contributed by atoms with Gasteiger partial charge in [-0.05, 0) is 19.3 Å². The molecule has 1 heterocycles. The first kappa shape index (κ1) is 15.9. The summed E-state index contributed by atoms with van der Waals surface area (Å²) >= 11 is 0. The number of aliphatic hydroxyl groups is 2. The second-order valence-electron chi connectivity index (χ2n) is 4.93. The molecular weight excluding hydrogens is 234 g/mol. The van der Waals surface area contributed by atoms with Crippen LogP contribution in [0.1, 0.15) is 32.6 Å². The van der Waals surface area contributed by atoms with Crippen molar-refractivity contribution in [3.05, 3.63) is 0 Å². The lowest BCUT2D eigenvalue weighted by atomic mass is 10.2. The summed E-state index contributed by atoms with van der Waals surface area (Å²) in [7, 11) is 0. The first-order valence-corrected chi connectivity index (χ1v) is 6.98. The van der Waals surface area contributed by atoms with Gasteiger partial charge in [0.05, 0.1) is 31.5 Å². The van der Waals surface area contributed by atoms with Crippen molar-refractivity contribution < 1.29 is 19.7 Å². The molecule has 18 heavy (non-hydrogen) atoms. The molecule has 0 bridgehead atoms. The Balaban J connectivity index is 1.91. The molecule has 3 unspecified atom stereocenters. The van der Waals surface area contributed by atoms with Crippen LogP contribution in [-0.2, 0) is 9.47 Å². The van der Waals surface area contributed by atoms with Gasteiger partial charge in [0.15, 0.2) is 0 Å². The SMILES string of the molecule is CCCC(O)CNCC(O)COCC1CCCO1. The van der Waals surface area contributed by atoms with Gasteiger partial charge in [-0.3, -0.25) is 0 Å². The van der Waals surface area contributed by atoms with Crippen molar-refractivity contribution in [2.75, 3.05) is 32.9 Å². The van der Waals surface area contributed by atoms with Crippen molar-refractivity contribution in [3.63, 3.8) is 0 Å². The first-order valence-electron chi connectivity index (χ1n) is 6.98. The van der Waals surface area contributed by atoms with Crippen LogP contribution in [0.4, 0.5) is 0 Å². The molecule has 108 valence electrons. The van der Waals surface area contributed by atoms with Gasteiger partial charge < -0.3 is 25.0 Å². The van der Waals surface area contributed by atoms with E-state index in [1.165, 1.54) is 0 Å². The van der Waals surface area contributed by atoms with Gasteiger partial charge >= 0.3 is 0 Å². The van der Waals surface area contributed by atoms with E-state index < -0.39 is 6.10 Å². The fourth-order valence-electron chi connectivity index (χ4n) is 2.02. The molecule has 5 nitrogen and oxygen atoms in total. The van der Waals surface area contributed by atoms with E-state index in [1.807, 2.05) is 6.92 Å². The smallest absolute Gasteiger partial charge is 0.0897 e. The molecule has 5 heteroatoms. The monoisotopic (exact) mass is 261 g/mol. The molecule has 0 spiro atoms. The Morgan fingerprint density at radius 1 is 1.33 bits per heavy atom. The van der Waals surface area contributed by atoms with Gasteiger partial charge in [-0.1, -0.05) is 13.3 Å². The zero-order valence-electron chi connectivity index (χ0n) is 11.3. The summed E-state index contributed by atoms with van der Waals surface area (Å²) in [5.74, 6) is 0. The van der Waals surface area contributed by atoms with Crippen LogP contribution in [0.2, 0.25) is 0 Å². The Kier molecular flexibility index (Phi) is 8.54. The van der Waals surface area contributed by atoms with E-state index in [9.17, 15) is 10.2 Å². The third-order valence-electron chi connectivity index (χ3n) is 3.02. The minimum atomic E-state index is -0.528. The predicted molar refractivity (Wildman–Crippen MR) is 69.6 cm³/mol. The van der Waals surface area contributed by atoms with E-state index in [2.05, 4.69) is 5.32 Å². The van der Waals surface area contributed by atoms with Gasteiger partial charge in [0.2, 0.25) is 0 Å². The second kappa shape index (κ2) is 9.69. The van der Waals surface area contributed by atoms with Crippen LogP contribution >= 0.6 is 0 Å². The Morgan fingerprint density at radius 2 is 2.11 bits per heavy atom. The summed E-state index contributed by atoms with van der Waals surface area (Å²) in [6, 6.07) is 0. The zero-order chi connectivity index (χ0) is 13.2. The van der Waals surface area contributed by atoms with E-state index in [0.29, 0.717) is 26.3 Å². The fourth-order valence-corrected chi connectivity index (χ4v) is 2.02. The Labute approximate surface area is 109 Å². The molecule has 0 saturated carbocycles. The largest absolute Gasteiger partial charge is 0.392 e. The summed E-state index contributed by atoms with van der Waals surface area (Å²) in [4.78, 5) is 0. The predicted octanol–water partition coefficient (Wildman–Crippen LogP) is 0.294. The standard InChI is InChI=1S/C13H27NO4/c1-2-4-11(15)7-14-8-12(16)9-17-10-13-5-3-6-18-13/h11-16H,2-10H2,1H3.